The summed E-state index contributed by atoms with van der Waals surface area (Å²) in [4.78, 5) is 0. The maximum absolute atomic E-state index is 5.65. The van der Waals surface area contributed by atoms with Crippen molar-refractivity contribution < 1.29 is 4.42 Å². The first-order chi connectivity index (χ1) is 8.92. The Bertz CT molecular complexity index is 717. The monoisotopic (exact) mass is 236 g/mol. The molecule has 0 unspecified atom stereocenters. The molecule has 0 amide bonds. The molecule has 18 heavy (non-hydrogen) atoms. The fraction of sp³-hybridized carbons (Fsp3) is 0. The molecule has 0 radical (unpaired) electrons. The van der Waals surface area contributed by atoms with Crippen LogP contribution in [0, 0.1) is 0 Å². The second-order valence-electron chi connectivity index (χ2n) is 3.90. The lowest BCUT2D eigenvalue weighted by atomic mass is 10.2. The van der Waals surface area contributed by atoms with Crippen molar-refractivity contribution >= 4 is 16.7 Å². The highest BCUT2D eigenvalue weighted by Gasteiger charge is 1.93. The normalized spacial score (nSPS) is 11.7. The lowest BCUT2D eigenvalue weighted by Gasteiger charge is -1.99. The summed E-state index contributed by atoms with van der Waals surface area (Å²) in [5.41, 5.74) is 5.27. The van der Waals surface area contributed by atoms with E-state index in [1.54, 1.807) is 0 Å². The molecule has 0 atom stereocenters. The molecular formula is C15H12N2O. The van der Waals surface area contributed by atoms with Gasteiger partial charge in [0.25, 0.3) is 0 Å². The van der Waals surface area contributed by atoms with Crippen LogP contribution in [0.15, 0.2) is 76.2 Å². The first-order valence-electron chi connectivity index (χ1n) is 5.75. The molecule has 88 valence electrons. The first-order valence-corrected chi connectivity index (χ1v) is 5.75. The number of hydrogen-bond acceptors (Lipinski definition) is 3. The third-order valence-corrected chi connectivity index (χ3v) is 2.61. The highest BCUT2D eigenvalue weighted by molar-refractivity contribution is 5.75. The molecule has 1 aromatic heterocycles. The molecule has 3 aromatic rings. The van der Waals surface area contributed by atoms with Gasteiger partial charge in [0.15, 0.2) is 0 Å². The topological polar surface area (TPSA) is 37.5 Å². The lowest BCUT2D eigenvalue weighted by molar-refractivity contribution is 0.541. The molecule has 0 spiro atoms. The number of benzene rings is 2. The van der Waals surface area contributed by atoms with Crippen LogP contribution in [0.2, 0.25) is 0 Å². The van der Waals surface area contributed by atoms with Crippen molar-refractivity contribution in [3.8, 4) is 0 Å². The van der Waals surface area contributed by atoms with E-state index in [0.717, 1.165) is 16.7 Å². The van der Waals surface area contributed by atoms with Gasteiger partial charge in [0.05, 0.1) is 5.69 Å². The molecule has 0 bridgehead atoms. The van der Waals surface area contributed by atoms with Gasteiger partial charge >= 0.3 is 0 Å². The van der Waals surface area contributed by atoms with Crippen molar-refractivity contribution in [3.05, 3.63) is 72.3 Å². The van der Waals surface area contributed by atoms with Crippen LogP contribution in [0.5, 0.6) is 0 Å². The van der Waals surface area contributed by atoms with Crippen molar-refractivity contribution in [1.29, 1.82) is 0 Å². The smallest absolute Gasteiger partial charge is 0.236 e. The molecule has 1 heterocycles. The minimum absolute atomic E-state index is 0.553. The zero-order valence-electron chi connectivity index (χ0n) is 9.71. The summed E-state index contributed by atoms with van der Waals surface area (Å²) in [7, 11) is 0. The van der Waals surface area contributed by atoms with Crippen LogP contribution in [0.1, 0.15) is 0 Å². The molecule has 0 aliphatic heterocycles. The summed E-state index contributed by atoms with van der Waals surface area (Å²) in [5.74, 6) is 0. The fourth-order valence-electron chi connectivity index (χ4n) is 1.71. The van der Waals surface area contributed by atoms with Crippen LogP contribution in [0.25, 0.3) is 11.0 Å². The van der Waals surface area contributed by atoms with Gasteiger partial charge in [0.1, 0.15) is 5.58 Å². The van der Waals surface area contributed by atoms with Crippen LogP contribution >= 0.6 is 0 Å². The summed E-state index contributed by atoms with van der Waals surface area (Å²) >= 11 is 0. The average Bonchev–Trinajstić information content (AvgIpc) is 2.46. The zero-order valence-corrected chi connectivity index (χ0v) is 9.71. The van der Waals surface area contributed by atoms with Crippen molar-refractivity contribution in [3.63, 3.8) is 0 Å². The van der Waals surface area contributed by atoms with Crippen molar-refractivity contribution in [2.45, 2.75) is 0 Å². The number of para-hydroxylation sites is 2. The molecular weight excluding hydrogens is 224 g/mol. The summed E-state index contributed by atoms with van der Waals surface area (Å²) in [6.07, 6.45) is 0. The van der Waals surface area contributed by atoms with Crippen LogP contribution in [-0.2, 0) is 0 Å². The molecule has 2 aromatic carbocycles. The predicted octanol–water partition coefficient (Wildman–Crippen LogP) is 3.36. The highest BCUT2D eigenvalue weighted by Crippen LogP contribution is 2.09. The molecule has 0 fully saturated rings. The lowest BCUT2D eigenvalue weighted by Crippen LogP contribution is -2.03. The molecule has 0 saturated carbocycles. The van der Waals surface area contributed by atoms with E-state index in [4.69, 9.17) is 4.42 Å². The van der Waals surface area contributed by atoms with Crippen LogP contribution < -0.4 is 11.0 Å². The molecule has 0 aliphatic rings. The summed E-state index contributed by atoms with van der Waals surface area (Å²) in [6.45, 7) is 0. The van der Waals surface area contributed by atoms with E-state index in [9.17, 15) is 0 Å². The van der Waals surface area contributed by atoms with Gasteiger partial charge < -0.3 is 4.42 Å². The molecule has 3 rings (SSSR count). The standard InChI is InChI=1S/C15H12N2O/c1-2-7-13(8-3-1)16-17-15-11-10-12-6-4-5-9-14(12)18-15/h1-11,16H. The number of nitrogens with one attached hydrogen (secondary N) is 1. The van der Waals surface area contributed by atoms with Gasteiger partial charge in [-0.25, -0.2) is 0 Å². The number of rotatable bonds is 2. The third-order valence-electron chi connectivity index (χ3n) is 2.61. The van der Waals surface area contributed by atoms with E-state index in [-0.39, 0.29) is 0 Å². The Kier molecular flexibility index (Phi) is 2.80. The molecule has 3 heteroatoms. The Morgan fingerprint density at radius 2 is 1.56 bits per heavy atom. The number of fused-ring (bicyclic) bond motifs is 1. The van der Waals surface area contributed by atoms with Gasteiger partial charge in [-0.3, -0.25) is 5.43 Å². The van der Waals surface area contributed by atoms with E-state index >= 15 is 0 Å². The largest absolute Gasteiger partial charge is 0.437 e. The third kappa shape index (κ3) is 2.25. The predicted molar refractivity (Wildman–Crippen MR) is 71.8 cm³/mol. The number of nitrogens with zero attached hydrogens (tertiary/aromatic N) is 1. The van der Waals surface area contributed by atoms with Crippen LogP contribution in [0.4, 0.5) is 5.69 Å². The Hall–Kier alpha value is -2.55. The van der Waals surface area contributed by atoms with Crippen molar-refractivity contribution in [2.24, 2.45) is 5.10 Å². The molecule has 1 N–H and O–H groups in total. The number of anilines is 1. The van der Waals surface area contributed by atoms with Gasteiger partial charge in [-0.15, -0.1) is 5.10 Å². The van der Waals surface area contributed by atoms with E-state index in [1.807, 2.05) is 66.7 Å². The average molecular weight is 236 g/mol. The van der Waals surface area contributed by atoms with Gasteiger partial charge in [-0.2, -0.15) is 0 Å². The summed E-state index contributed by atoms with van der Waals surface area (Å²) in [6, 6.07) is 21.5. The van der Waals surface area contributed by atoms with E-state index in [2.05, 4.69) is 10.5 Å². The van der Waals surface area contributed by atoms with Gasteiger partial charge in [-0.1, -0.05) is 36.4 Å². The Morgan fingerprint density at radius 3 is 2.44 bits per heavy atom. The maximum atomic E-state index is 5.65. The Balaban J connectivity index is 1.94. The van der Waals surface area contributed by atoms with Crippen LogP contribution in [0.3, 0.4) is 0 Å². The molecule has 3 nitrogen and oxygen atoms in total. The Morgan fingerprint density at radius 1 is 0.778 bits per heavy atom. The summed E-state index contributed by atoms with van der Waals surface area (Å²) in [5, 5.41) is 5.28. The van der Waals surface area contributed by atoms with E-state index < -0.39 is 0 Å². The quantitative estimate of drug-likeness (QED) is 0.693. The SMILES string of the molecule is c1ccc(NN=c2ccc3ccccc3o2)cc1. The second-order valence-corrected chi connectivity index (χ2v) is 3.90. The van der Waals surface area contributed by atoms with Gasteiger partial charge in [-0.05, 0) is 24.3 Å². The maximum Gasteiger partial charge on any atom is 0.236 e. The second kappa shape index (κ2) is 4.75. The van der Waals surface area contributed by atoms with Crippen molar-refractivity contribution in [2.75, 3.05) is 5.43 Å². The van der Waals surface area contributed by atoms with Crippen molar-refractivity contribution in [1.82, 2.24) is 0 Å². The first kappa shape index (κ1) is 10.6. The Labute approximate surface area is 104 Å². The molecule has 0 aliphatic carbocycles. The van der Waals surface area contributed by atoms with Gasteiger partial charge in [0.2, 0.25) is 5.55 Å². The fourth-order valence-corrected chi connectivity index (χ4v) is 1.71. The van der Waals surface area contributed by atoms with Crippen LogP contribution in [-0.4, -0.2) is 0 Å². The highest BCUT2D eigenvalue weighted by atomic mass is 16.3. The number of hydrogen-bond donors (Lipinski definition) is 1. The minimum Gasteiger partial charge on any atom is -0.437 e. The molecule has 0 saturated heterocycles. The summed E-state index contributed by atoms with van der Waals surface area (Å²) < 4.78 is 5.65. The van der Waals surface area contributed by atoms with E-state index in [0.29, 0.717) is 5.55 Å². The minimum atomic E-state index is 0.553. The van der Waals surface area contributed by atoms with E-state index in [1.165, 1.54) is 0 Å². The zero-order chi connectivity index (χ0) is 12.2. The van der Waals surface area contributed by atoms with Gasteiger partial charge in [0, 0.05) is 11.5 Å².